The number of carboxylic acids is 1. The number of amides is 1. The molecule has 1 aliphatic rings. The third kappa shape index (κ3) is 4.52. The highest BCUT2D eigenvalue weighted by molar-refractivity contribution is 6.34. The number of rotatable bonds is 7. The van der Waals surface area contributed by atoms with E-state index in [1.54, 1.807) is 30.0 Å². The highest BCUT2D eigenvalue weighted by Gasteiger charge is 2.34. The van der Waals surface area contributed by atoms with Crippen LogP contribution in [-0.4, -0.2) is 41.1 Å². The van der Waals surface area contributed by atoms with E-state index in [0.29, 0.717) is 15.8 Å². The van der Waals surface area contributed by atoms with Gasteiger partial charge in [0.05, 0.1) is 10.9 Å². The second-order valence-electron chi connectivity index (χ2n) is 5.38. The molecule has 1 aromatic rings. The molecule has 1 unspecified atom stereocenters. The number of aliphatic carboxylic acids is 1. The molecule has 1 aliphatic carbocycles. The smallest absolute Gasteiger partial charge is 0.308 e. The van der Waals surface area contributed by atoms with Crippen LogP contribution in [0.25, 0.3) is 0 Å². The van der Waals surface area contributed by atoms with Crippen molar-refractivity contribution in [3.8, 4) is 5.75 Å². The van der Waals surface area contributed by atoms with Gasteiger partial charge >= 0.3 is 5.97 Å². The van der Waals surface area contributed by atoms with Crippen molar-refractivity contribution >= 4 is 35.1 Å². The van der Waals surface area contributed by atoms with Crippen LogP contribution in [0.1, 0.15) is 19.8 Å². The Morgan fingerprint density at radius 3 is 2.68 bits per heavy atom. The first kappa shape index (κ1) is 16.9. The number of halogens is 2. The number of hydrogen-bond donors (Lipinski definition) is 1. The summed E-state index contributed by atoms with van der Waals surface area (Å²) in [6.07, 6.45) is 1.80. The largest absolute Gasteiger partial charge is 0.482 e. The van der Waals surface area contributed by atoms with Gasteiger partial charge in [0.15, 0.2) is 6.61 Å². The summed E-state index contributed by atoms with van der Waals surface area (Å²) in [7, 11) is 0. The van der Waals surface area contributed by atoms with Crippen LogP contribution in [0.3, 0.4) is 0 Å². The van der Waals surface area contributed by atoms with Gasteiger partial charge in [-0.3, -0.25) is 9.59 Å². The lowest BCUT2D eigenvalue weighted by Crippen LogP contribution is -2.41. The Bertz CT molecular complexity index is 575. The standard InChI is InChI=1S/C15H17Cl2NO4/c1-9(15(20)21)7-18(11-3-4-11)14(19)8-22-13-6-10(16)2-5-12(13)17/h2,5-6,9,11H,3-4,7-8H2,1H3,(H,20,21). The molecule has 0 heterocycles. The van der Waals surface area contributed by atoms with Crippen molar-refractivity contribution < 1.29 is 19.4 Å². The molecule has 22 heavy (non-hydrogen) atoms. The number of nitrogens with zero attached hydrogens (tertiary/aromatic N) is 1. The summed E-state index contributed by atoms with van der Waals surface area (Å²) < 4.78 is 5.43. The van der Waals surface area contributed by atoms with Crippen LogP contribution in [0.4, 0.5) is 0 Å². The van der Waals surface area contributed by atoms with E-state index in [-0.39, 0.29) is 25.1 Å². The first-order valence-corrected chi connectivity index (χ1v) is 7.74. The zero-order valence-corrected chi connectivity index (χ0v) is 13.6. The molecule has 0 saturated heterocycles. The van der Waals surface area contributed by atoms with Gasteiger partial charge in [-0.05, 0) is 25.0 Å². The minimum absolute atomic E-state index is 0.118. The zero-order chi connectivity index (χ0) is 16.3. The van der Waals surface area contributed by atoms with Crippen molar-refractivity contribution in [2.45, 2.75) is 25.8 Å². The molecule has 0 spiro atoms. The van der Waals surface area contributed by atoms with Crippen molar-refractivity contribution in [1.82, 2.24) is 4.90 Å². The summed E-state index contributed by atoms with van der Waals surface area (Å²) in [5.74, 6) is -1.44. The van der Waals surface area contributed by atoms with Crippen LogP contribution in [0.15, 0.2) is 18.2 Å². The van der Waals surface area contributed by atoms with Gasteiger partial charge in [-0.1, -0.05) is 30.1 Å². The van der Waals surface area contributed by atoms with Crippen LogP contribution < -0.4 is 4.74 Å². The Labute approximate surface area is 138 Å². The molecule has 1 amide bonds. The maximum absolute atomic E-state index is 12.3. The average Bonchev–Trinajstić information content (AvgIpc) is 3.29. The molecule has 120 valence electrons. The molecule has 0 aromatic heterocycles. The number of carboxylic acid groups (broad SMARTS) is 1. The molecule has 1 N–H and O–H groups in total. The van der Waals surface area contributed by atoms with Crippen LogP contribution in [0.5, 0.6) is 5.75 Å². The van der Waals surface area contributed by atoms with Crippen molar-refractivity contribution in [3.63, 3.8) is 0 Å². The molecule has 7 heteroatoms. The Morgan fingerprint density at radius 2 is 2.09 bits per heavy atom. The summed E-state index contributed by atoms with van der Waals surface area (Å²) >= 11 is 11.8. The second-order valence-corrected chi connectivity index (χ2v) is 6.22. The number of carbonyl (C=O) groups excluding carboxylic acids is 1. The van der Waals surface area contributed by atoms with Gasteiger partial charge < -0.3 is 14.7 Å². The predicted molar refractivity (Wildman–Crippen MR) is 83.5 cm³/mol. The van der Waals surface area contributed by atoms with E-state index in [4.69, 9.17) is 33.0 Å². The van der Waals surface area contributed by atoms with E-state index in [1.807, 2.05) is 0 Å². The minimum atomic E-state index is -0.919. The second kappa shape index (κ2) is 7.20. The van der Waals surface area contributed by atoms with Crippen LogP contribution >= 0.6 is 23.2 Å². The fourth-order valence-corrected chi connectivity index (χ4v) is 2.36. The van der Waals surface area contributed by atoms with Gasteiger partial charge in [-0.2, -0.15) is 0 Å². The van der Waals surface area contributed by atoms with Gasteiger partial charge in [0.2, 0.25) is 0 Å². The Morgan fingerprint density at radius 1 is 1.41 bits per heavy atom. The molecule has 1 atom stereocenters. The lowest BCUT2D eigenvalue weighted by Gasteiger charge is -2.24. The van der Waals surface area contributed by atoms with E-state index < -0.39 is 11.9 Å². The molecular weight excluding hydrogens is 329 g/mol. The van der Waals surface area contributed by atoms with Crippen LogP contribution in [-0.2, 0) is 9.59 Å². The third-order valence-electron chi connectivity index (χ3n) is 3.44. The lowest BCUT2D eigenvalue weighted by atomic mass is 10.1. The molecule has 1 fully saturated rings. The third-order valence-corrected chi connectivity index (χ3v) is 3.99. The quantitative estimate of drug-likeness (QED) is 0.824. The van der Waals surface area contributed by atoms with E-state index in [9.17, 15) is 9.59 Å². The van der Waals surface area contributed by atoms with Crippen molar-refractivity contribution in [2.24, 2.45) is 5.92 Å². The summed E-state index contributed by atoms with van der Waals surface area (Å²) in [6.45, 7) is 1.58. The molecule has 0 aliphatic heterocycles. The van der Waals surface area contributed by atoms with Gasteiger partial charge in [-0.15, -0.1) is 0 Å². The maximum atomic E-state index is 12.3. The summed E-state index contributed by atoms with van der Waals surface area (Å²) in [4.78, 5) is 24.8. The Balaban J connectivity index is 1.96. The van der Waals surface area contributed by atoms with E-state index in [0.717, 1.165) is 12.8 Å². The van der Waals surface area contributed by atoms with Crippen LogP contribution in [0, 0.1) is 5.92 Å². The predicted octanol–water partition coefficient (Wildman–Crippen LogP) is 3.08. The Kier molecular flexibility index (Phi) is 5.53. The van der Waals surface area contributed by atoms with Gasteiger partial charge in [0.1, 0.15) is 5.75 Å². The van der Waals surface area contributed by atoms with E-state index in [1.165, 1.54) is 0 Å². The molecule has 2 rings (SSSR count). The topological polar surface area (TPSA) is 66.8 Å². The molecular formula is C15H17Cl2NO4. The first-order valence-electron chi connectivity index (χ1n) is 6.98. The zero-order valence-electron chi connectivity index (χ0n) is 12.1. The maximum Gasteiger partial charge on any atom is 0.308 e. The van der Waals surface area contributed by atoms with Crippen molar-refractivity contribution in [2.75, 3.05) is 13.2 Å². The van der Waals surface area contributed by atoms with Crippen molar-refractivity contribution in [3.05, 3.63) is 28.2 Å². The Hall–Kier alpha value is -1.46. The molecule has 1 aromatic carbocycles. The fraction of sp³-hybridized carbons (Fsp3) is 0.467. The molecule has 0 bridgehead atoms. The summed E-state index contributed by atoms with van der Waals surface area (Å²) in [5, 5.41) is 9.82. The molecule has 1 saturated carbocycles. The number of carbonyl (C=O) groups is 2. The van der Waals surface area contributed by atoms with Gasteiger partial charge in [0.25, 0.3) is 5.91 Å². The van der Waals surface area contributed by atoms with Crippen LogP contribution in [0.2, 0.25) is 10.0 Å². The lowest BCUT2D eigenvalue weighted by molar-refractivity contribution is -0.143. The first-order chi connectivity index (χ1) is 10.4. The van der Waals surface area contributed by atoms with E-state index >= 15 is 0 Å². The van der Waals surface area contributed by atoms with E-state index in [2.05, 4.69) is 0 Å². The highest BCUT2D eigenvalue weighted by atomic mass is 35.5. The highest BCUT2D eigenvalue weighted by Crippen LogP contribution is 2.29. The summed E-state index contributed by atoms with van der Waals surface area (Å²) in [5.41, 5.74) is 0. The molecule has 0 radical (unpaired) electrons. The fourth-order valence-electron chi connectivity index (χ4n) is 2.02. The number of hydrogen-bond acceptors (Lipinski definition) is 3. The number of benzene rings is 1. The summed E-state index contributed by atoms with van der Waals surface area (Å²) in [6, 6.07) is 4.88. The van der Waals surface area contributed by atoms with Gasteiger partial charge in [0, 0.05) is 23.7 Å². The number of ether oxygens (including phenoxy) is 1. The average molecular weight is 346 g/mol. The normalized spacial score (nSPS) is 15.2. The minimum Gasteiger partial charge on any atom is -0.482 e. The van der Waals surface area contributed by atoms with Gasteiger partial charge in [-0.25, -0.2) is 0 Å². The molecule has 5 nitrogen and oxygen atoms in total. The van der Waals surface area contributed by atoms with Crippen molar-refractivity contribution in [1.29, 1.82) is 0 Å². The monoisotopic (exact) mass is 345 g/mol. The SMILES string of the molecule is CC(CN(C(=O)COc1cc(Cl)ccc1Cl)C1CC1)C(=O)O.